The largest absolute Gasteiger partial charge is 0.368 e. The van der Waals surface area contributed by atoms with Crippen molar-refractivity contribution in [1.82, 2.24) is 10.6 Å². The van der Waals surface area contributed by atoms with Gasteiger partial charge in [0.15, 0.2) is 0 Å². The topological polar surface area (TPSA) is 61.4 Å². The highest BCUT2D eigenvalue weighted by atomic mass is 32.2. The number of piperazine rings is 1. The molecular weight excluding hydrogens is 310 g/mol. The standard InChI is InChI=1S/C17H21N3O2S/c1-10-5-4-6-13(7-14-16(21)19-17(22)23-14)15(10)20-8-11(2)18-12(3)9-20/h4-7,11-12,18H,8-9H2,1-3H3,(H,19,21,22). The Morgan fingerprint density at radius 3 is 2.52 bits per heavy atom. The van der Waals surface area contributed by atoms with Gasteiger partial charge in [-0.25, -0.2) is 0 Å². The predicted molar refractivity (Wildman–Crippen MR) is 94.6 cm³/mol. The van der Waals surface area contributed by atoms with Gasteiger partial charge in [0.05, 0.1) is 4.91 Å². The van der Waals surface area contributed by atoms with E-state index >= 15 is 0 Å². The molecular formula is C17H21N3O2S. The van der Waals surface area contributed by atoms with Crippen LogP contribution in [0.4, 0.5) is 10.5 Å². The Morgan fingerprint density at radius 2 is 1.91 bits per heavy atom. The maximum absolute atomic E-state index is 11.8. The number of nitrogens with one attached hydrogen (secondary N) is 2. The number of carbonyl (C=O) groups excluding carboxylic acids is 2. The van der Waals surface area contributed by atoms with E-state index in [1.807, 2.05) is 18.2 Å². The second-order valence-corrected chi connectivity index (χ2v) is 7.25. The van der Waals surface area contributed by atoms with E-state index in [1.165, 1.54) is 5.56 Å². The second-order valence-electron chi connectivity index (χ2n) is 6.24. The lowest BCUT2D eigenvalue weighted by molar-refractivity contribution is -0.115. The molecule has 122 valence electrons. The van der Waals surface area contributed by atoms with Crippen molar-refractivity contribution in [2.75, 3.05) is 18.0 Å². The molecule has 2 amide bonds. The van der Waals surface area contributed by atoms with E-state index in [1.54, 1.807) is 0 Å². The molecule has 2 atom stereocenters. The summed E-state index contributed by atoms with van der Waals surface area (Å²) in [6.07, 6.45) is 1.82. The summed E-state index contributed by atoms with van der Waals surface area (Å²) in [7, 11) is 0. The monoisotopic (exact) mass is 331 g/mol. The Hall–Kier alpha value is -1.79. The summed E-state index contributed by atoms with van der Waals surface area (Å²) < 4.78 is 0. The van der Waals surface area contributed by atoms with E-state index in [0.717, 1.165) is 36.1 Å². The molecule has 6 heteroatoms. The summed E-state index contributed by atoms with van der Waals surface area (Å²) in [5.41, 5.74) is 3.31. The van der Waals surface area contributed by atoms with Gasteiger partial charge in [0.1, 0.15) is 0 Å². The first-order chi connectivity index (χ1) is 10.9. The minimum absolute atomic E-state index is 0.306. The van der Waals surface area contributed by atoms with Gasteiger partial charge >= 0.3 is 0 Å². The summed E-state index contributed by atoms with van der Waals surface area (Å²) in [6, 6.07) is 6.89. The molecule has 2 aliphatic rings. The quantitative estimate of drug-likeness (QED) is 0.816. The molecule has 0 spiro atoms. The Balaban J connectivity index is 1.99. The maximum atomic E-state index is 11.8. The fraction of sp³-hybridized carbons (Fsp3) is 0.412. The molecule has 3 rings (SSSR count). The molecule has 23 heavy (non-hydrogen) atoms. The first-order valence-corrected chi connectivity index (χ1v) is 8.61. The van der Waals surface area contributed by atoms with Crippen LogP contribution in [0.5, 0.6) is 0 Å². The van der Waals surface area contributed by atoms with Gasteiger partial charge < -0.3 is 10.2 Å². The molecule has 1 aromatic rings. The molecule has 2 heterocycles. The number of benzene rings is 1. The summed E-state index contributed by atoms with van der Waals surface area (Å²) in [5.74, 6) is -0.311. The molecule has 2 N–H and O–H groups in total. The fourth-order valence-corrected chi connectivity index (χ4v) is 3.97. The molecule has 1 aromatic carbocycles. The van der Waals surface area contributed by atoms with Crippen LogP contribution in [0.1, 0.15) is 25.0 Å². The number of hydrogen-bond acceptors (Lipinski definition) is 5. The van der Waals surface area contributed by atoms with Crippen molar-refractivity contribution in [1.29, 1.82) is 0 Å². The predicted octanol–water partition coefficient (Wildman–Crippen LogP) is 2.51. The molecule has 0 saturated carbocycles. The Labute approximate surface area is 140 Å². The number of anilines is 1. The summed E-state index contributed by atoms with van der Waals surface area (Å²) >= 11 is 0.961. The maximum Gasteiger partial charge on any atom is 0.290 e. The van der Waals surface area contributed by atoms with Crippen LogP contribution in [0.15, 0.2) is 23.1 Å². The number of para-hydroxylation sites is 1. The lowest BCUT2D eigenvalue weighted by Crippen LogP contribution is -2.54. The number of rotatable bonds is 2. The highest BCUT2D eigenvalue weighted by Gasteiger charge is 2.27. The van der Waals surface area contributed by atoms with E-state index in [2.05, 4.69) is 42.4 Å². The normalized spacial score (nSPS) is 26.7. The molecule has 2 saturated heterocycles. The van der Waals surface area contributed by atoms with E-state index in [-0.39, 0.29) is 11.1 Å². The Morgan fingerprint density at radius 1 is 1.22 bits per heavy atom. The summed E-state index contributed by atoms with van der Waals surface area (Å²) in [5, 5.41) is 5.54. The van der Waals surface area contributed by atoms with Gasteiger partial charge in [0.2, 0.25) is 0 Å². The first kappa shape index (κ1) is 16.1. The van der Waals surface area contributed by atoms with Crippen LogP contribution < -0.4 is 15.5 Å². The third-order valence-electron chi connectivity index (χ3n) is 4.07. The Kier molecular flexibility index (Phi) is 4.46. The minimum Gasteiger partial charge on any atom is -0.368 e. The lowest BCUT2D eigenvalue weighted by atomic mass is 10.0. The fourth-order valence-electron chi connectivity index (χ4n) is 3.30. The zero-order valence-corrected chi connectivity index (χ0v) is 14.4. The number of aryl methyl sites for hydroxylation is 1. The lowest BCUT2D eigenvalue weighted by Gasteiger charge is -2.39. The SMILES string of the molecule is Cc1cccc(C=C2SC(=O)NC2=O)c1N1CC(C)NC(C)C1. The van der Waals surface area contributed by atoms with Crippen molar-refractivity contribution in [3.63, 3.8) is 0 Å². The average Bonchev–Trinajstić information content (AvgIpc) is 2.76. The van der Waals surface area contributed by atoms with Crippen LogP contribution in [0.3, 0.4) is 0 Å². The van der Waals surface area contributed by atoms with Crippen LogP contribution in [0.25, 0.3) is 6.08 Å². The van der Waals surface area contributed by atoms with Gasteiger partial charge in [-0.1, -0.05) is 18.2 Å². The second kappa shape index (κ2) is 6.37. The van der Waals surface area contributed by atoms with Crippen molar-refractivity contribution in [2.45, 2.75) is 32.9 Å². The van der Waals surface area contributed by atoms with Crippen molar-refractivity contribution in [3.05, 3.63) is 34.2 Å². The molecule has 0 aliphatic carbocycles. The van der Waals surface area contributed by atoms with Gasteiger partial charge in [-0.15, -0.1) is 0 Å². The third-order valence-corrected chi connectivity index (χ3v) is 4.88. The van der Waals surface area contributed by atoms with Crippen LogP contribution >= 0.6 is 11.8 Å². The smallest absolute Gasteiger partial charge is 0.290 e. The molecule has 2 fully saturated rings. The van der Waals surface area contributed by atoms with Crippen LogP contribution in [-0.4, -0.2) is 36.3 Å². The van der Waals surface area contributed by atoms with E-state index < -0.39 is 0 Å². The number of carbonyl (C=O) groups is 2. The van der Waals surface area contributed by atoms with Gasteiger partial charge in [-0.05, 0) is 49.7 Å². The summed E-state index contributed by atoms with van der Waals surface area (Å²) in [4.78, 5) is 26.0. The number of hydrogen-bond donors (Lipinski definition) is 2. The minimum atomic E-state index is -0.311. The average molecular weight is 331 g/mol. The van der Waals surface area contributed by atoms with E-state index in [4.69, 9.17) is 0 Å². The van der Waals surface area contributed by atoms with Gasteiger partial charge in [0, 0.05) is 30.9 Å². The zero-order chi connectivity index (χ0) is 16.6. The van der Waals surface area contributed by atoms with Gasteiger partial charge in [-0.3, -0.25) is 14.9 Å². The molecule has 2 unspecified atom stereocenters. The van der Waals surface area contributed by atoms with Crippen molar-refractivity contribution >= 4 is 34.7 Å². The molecule has 0 radical (unpaired) electrons. The number of imide groups is 1. The van der Waals surface area contributed by atoms with Crippen LogP contribution in [0, 0.1) is 6.92 Å². The third kappa shape index (κ3) is 3.43. The highest BCUT2D eigenvalue weighted by Crippen LogP contribution is 2.32. The number of nitrogens with zero attached hydrogens (tertiary/aromatic N) is 1. The molecule has 5 nitrogen and oxygen atoms in total. The number of amides is 2. The zero-order valence-electron chi connectivity index (χ0n) is 13.6. The van der Waals surface area contributed by atoms with Gasteiger partial charge in [0.25, 0.3) is 11.1 Å². The van der Waals surface area contributed by atoms with Crippen molar-refractivity contribution in [3.8, 4) is 0 Å². The molecule has 0 bridgehead atoms. The summed E-state index contributed by atoms with van der Waals surface area (Å²) in [6.45, 7) is 8.28. The van der Waals surface area contributed by atoms with Crippen LogP contribution in [-0.2, 0) is 4.79 Å². The Bertz CT molecular complexity index is 676. The van der Waals surface area contributed by atoms with Crippen molar-refractivity contribution < 1.29 is 9.59 Å². The first-order valence-electron chi connectivity index (χ1n) is 7.79. The van der Waals surface area contributed by atoms with Crippen molar-refractivity contribution in [2.24, 2.45) is 0 Å². The van der Waals surface area contributed by atoms with E-state index in [0.29, 0.717) is 17.0 Å². The molecule has 2 aliphatic heterocycles. The number of thioether (sulfide) groups is 1. The molecule has 0 aromatic heterocycles. The van der Waals surface area contributed by atoms with E-state index in [9.17, 15) is 9.59 Å². The van der Waals surface area contributed by atoms with Gasteiger partial charge in [-0.2, -0.15) is 0 Å². The van der Waals surface area contributed by atoms with Crippen LogP contribution in [0.2, 0.25) is 0 Å². The highest BCUT2D eigenvalue weighted by molar-refractivity contribution is 8.18.